The summed E-state index contributed by atoms with van der Waals surface area (Å²) >= 11 is 0. The first kappa shape index (κ1) is 26.4. The highest BCUT2D eigenvalue weighted by Gasteiger charge is 2.21. The third-order valence-corrected chi connectivity index (χ3v) is 5.12. The highest BCUT2D eigenvalue weighted by molar-refractivity contribution is 5.82. The van der Waals surface area contributed by atoms with Gasteiger partial charge in [0.25, 0.3) is 0 Å². The number of nitrogens with zero attached hydrogens (tertiary/aromatic N) is 4. The van der Waals surface area contributed by atoms with Gasteiger partial charge >= 0.3 is 11.9 Å². The van der Waals surface area contributed by atoms with Crippen LogP contribution in [0.15, 0.2) is 0 Å². The molecule has 1 aliphatic rings. The molecule has 1 unspecified atom stereocenters. The molecule has 11 nitrogen and oxygen atoms in total. The highest BCUT2D eigenvalue weighted by atomic mass is 16.4. The maximum absolute atomic E-state index is 12.3. The summed E-state index contributed by atoms with van der Waals surface area (Å²) in [4.78, 5) is 42.2. The molecule has 1 fully saturated rings. The van der Waals surface area contributed by atoms with Crippen molar-refractivity contribution < 1.29 is 29.7 Å². The van der Waals surface area contributed by atoms with Crippen LogP contribution in [0.2, 0.25) is 0 Å². The van der Waals surface area contributed by atoms with Gasteiger partial charge in [0, 0.05) is 64.8 Å². The molecule has 0 aromatic carbocycles. The Morgan fingerprint density at radius 3 is 1.37 bits per heavy atom. The van der Waals surface area contributed by atoms with Crippen LogP contribution in [0, 0.1) is 5.92 Å². The summed E-state index contributed by atoms with van der Waals surface area (Å²) in [5.41, 5.74) is 5.55. The lowest BCUT2D eigenvalue weighted by molar-refractivity contribution is -0.140. The van der Waals surface area contributed by atoms with Crippen LogP contribution in [0.25, 0.3) is 0 Å². The minimum atomic E-state index is -1.01. The van der Waals surface area contributed by atoms with E-state index in [2.05, 4.69) is 0 Å². The van der Waals surface area contributed by atoms with E-state index < -0.39 is 18.2 Å². The van der Waals surface area contributed by atoms with Crippen LogP contribution in [0.5, 0.6) is 0 Å². The Hall–Kier alpha value is -1.63. The quantitative estimate of drug-likeness (QED) is 0.297. The van der Waals surface area contributed by atoms with Gasteiger partial charge in [-0.15, -0.1) is 0 Å². The molecule has 5 N–H and O–H groups in total. The van der Waals surface area contributed by atoms with Crippen LogP contribution >= 0.6 is 0 Å². The molecule has 174 valence electrons. The SMILES string of the molecule is CC(C)C(=O)CN1CCN(CC(=O)O)CCN(CC(=O)O)CCN(CC(N)O)CC1. The number of aliphatic hydroxyl groups excluding tert-OH is 1. The average Bonchev–Trinajstić information content (AvgIpc) is 2.62. The third kappa shape index (κ3) is 11.5. The van der Waals surface area contributed by atoms with Gasteiger partial charge in [0.1, 0.15) is 12.0 Å². The van der Waals surface area contributed by atoms with Crippen molar-refractivity contribution in [2.45, 2.75) is 20.1 Å². The summed E-state index contributed by atoms with van der Waals surface area (Å²) in [7, 11) is 0. The number of carbonyl (C=O) groups is 3. The number of β-amino-alcohol motifs (C(OH)–C–C–N with tert-alkyl or cyclic N) is 1. The van der Waals surface area contributed by atoms with Gasteiger partial charge in [-0.25, -0.2) is 0 Å². The van der Waals surface area contributed by atoms with Crippen molar-refractivity contribution in [2.24, 2.45) is 11.7 Å². The van der Waals surface area contributed by atoms with Gasteiger partial charge in [0.15, 0.2) is 0 Å². The van der Waals surface area contributed by atoms with Crippen LogP contribution < -0.4 is 5.73 Å². The van der Waals surface area contributed by atoms with Gasteiger partial charge in [-0.3, -0.25) is 34.0 Å². The van der Waals surface area contributed by atoms with Crippen LogP contribution in [0.1, 0.15) is 13.8 Å². The monoisotopic (exact) mass is 431 g/mol. The Kier molecular flexibility index (Phi) is 12.0. The molecule has 0 aromatic rings. The van der Waals surface area contributed by atoms with Crippen LogP contribution in [-0.2, 0) is 14.4 Å². The molecule has 1 rings (SSSR count). The van der Waals surface area contributed by atoms with E-state index in [-0.39, 0.29) is 37.9 Å². The van der Waals surface area contributed by atoms with E-state index in [1.54, 1.807) is 9.80 Å². The number of hydrogen-bond donors (Lipinski definition) is 4. The minimum Gasteiger partial charge on any atom is -0.480 e. The van der Waals surface area contributed by atoms with E-state index in [1.807, 2.05) is 23.6 Å². The van der Waals surface area contributed by atoms with Gasteiger partial charge in [0.2, 0.25) is 0 Å². The zero-order chi connectivity index (χ0) is 22.7. The Balaban J connectivity index is 2.94. The molecule has 11 heteroatoms. The third-order valence-electron chi connectivity index (χ3n) is 5.12. The van der Waals surface area contributed by atoms with E-state index in [0.29, 0.717) is 52.4 Å². The summed E-state index contributed by atoms with van der Waals surface area (Å²) in [6.07, 6.45) is -1.01. The van der Waals surface area contributed by atoms with Crippen LogP contribution in [0.4, 0.5) is 0 Å². The van der Waals surface area contributed by atoms with Gasteiger partial charge in [-0.1, -0.05) is 13.8 Å². The van der Waals surface area contributed by atoms with E-state index in [1.165, 1.54) is 0 Å². The number of aliphatic hydroxyl groups is 1. The molecular formula is C19H37N5O6. The maximum atomic E-state index is 12.3. The molecule has 0 saturated carbocycles. The lowest BCUT2D eigenvalue weighted by Gasteiger charge is -2.33. The Labute approximate surface area is 178 Å². The van der Waals surface area contributed by atoms with Gasteiger partial charge < -0.3 is 21.1 Å². The van der Waals surface area contributed by atoms with Crippen LogP contribution in [0.3, 0.4) is 0 Å². The topological polar surface area (TPSA) is 151 Å². The van der Waals surface area contributed by atoms with E-state index in [0.717, 1.165) is 0 Å². The maximum Gasteiger partial charge on any atom is 0.317 e. The Morgan fingerprint density at radius 2 is 1.07 bits per heavy atom. The Bertz CT molecular complexity index is 560. The first-order valence-corrected chi connectivity index (χ1v) is 10.4. The van der Waals surface area contributed by atoms with Crippen LogP contribution in [-0.4, -0.2) is 137 Å². The van der Waals surface area contributed by atoms with Gasteiger partial charge in [-0.05, 0) is 0 Å². The van der Waals surface area contributed by atoms with Gasteiger partial charge in [0.05, 0.1) is 19.6 Å². The van der Waals surface area contributed by atoms with Crippen molar-refractivity contribution in [2.75, 3.05) is 78.5 Å². The second kappa shape index (κ2) is 13.6. The molecule has 0 spiro atoms. The fourth-order valence-corrected chi connectivity index (χ4v) is 3.29. The average molecular weight is 432 g/mol. The molecule has 1 heterocycles. The fraction of sp³-hybridized carbons (Fsp3) is 0.842. The van der Waals surface area contributed by atoms with E-state index in [4.69, 9.17) is 5.73 Å². The zero-order valence-electron chi connectivity index (χ0n) is 18.1. The molecule has 0 amide bonds. The summed E-state index contributed by atoms with van der Waals surface area (Å²) in [6.45, 7) is 7.81. The largest absolute Gasteiger partial charge is 0.480 e. The first-order valence-electron chi connectivity index (χ1n) is 10.4. The highest BCUT2D eigenvalue weighted by Crippen LogP contribution is 2.04. The van der Waals surface area contributed by atoms with E-state index >= 15 is 0 Å². The molecular weight excluding hydrogens is 394 g/mol. The summed E-state index contributed by atoms with van der Waals surface area (Å²) in [5.74, 6) is -1.87. The fourth-order valence-electron chi connectivity index (χ4n) is 3.29. The number of carbonyl (C=O) groups excluding carboxylic acids is 1. The molecule has 0 bridgehead atoms. The summed E-state index contributed by atoms with van der Waals surface area (Å²) in [6, 6.07) is 0. The molecule has 1 atom stereocenters. The minimum absolute atomic E-state index is 0.0898. The molecule has 0 aliphatic carbocycles. The second-order valence-electron chi connectivity index (χ2n) is 8.10. The van der Waals surface area contributed by atoms with Crippen molar-refractivity contribution in [3.05, 3.63) is 0 Å². The number of ketones is 1. The summed E-state index contributed by atoms with van der Waals surface area (Å²) in [5, 5.41) is 28.0. The molecule has 30 heavy (non-hydrogen) atoms. The van der Waals surface area contributed by atoms with Crippen molar-refractivity contribution in [3.8, 4) is 0 Å². The number of carboxylic acid groups (broad SMARTS) is 2. The molecule has 0 radical (unpaired) electrons. The lowest BCUT2D eigenvalue weighted by Crippen LogP contribution is -2.50. The zero-order valence-corrected chi connectivity index (χ0v) is 18.1. The standard InChI is InChI=1S/C19H37N5O6/c1-15(2)16(25)11-21-3-5-22(12-17(20)26)6-8-24(14-19(29)30)10-9-23(7-4-21)13-18(27)28/h15,17,26H,3-14,20H2,1-2H3,(H,27,28)(H,29,30). The van der Waals surface area contributed by atoms with Crippen molar-refractivity contribution in [1.29, 1.82) is 0 Å². The van der Waals surface area contributed by atoms with Gasteiger partial charge in [-0.2, -0.15) is 0 Å². The second-order valence-corrected chi connectivity index (χ2v) is 8.10. The van der Waals surface area contributed by atoms with Crippen molar-refractivity contribution >= 4 is 17.7 Å². The van der Waals surface area contributed by atoms with Crippen molar-refractivity contribution in [1.82, 2.24) is 19.6 Å². The molecule has 1 aliphatic heterocycles. The lowest BCUT2D eigenvalue weighted by atomic mass is 10.1. The number of hydrogen-bond acceptors (Lipinski definition) is 9. The number of aliphatic carboxylic acids is 2. The molecule has 1 saturated heterocycles. The van der Waals surface area contributed by atoms with Crippen molar-refractivity contribution in [3.63, 3.8) is 0 Å². The number of Topliss-reactive ketones (excluding diaryl/α,β-unsaturated/α-hetero) is 1. The Morgan fingerprint density at radius 1 is 0.733 bits per heavy atom. The number of rotatable bonds is 9. The molecule has 0 aromatic heterocycles. The predicted octanol–water partition coefficient (Wildman–Crippen LogP) is -2.12. The van der Waals surface area contributed by atoms with E-state index in [9.17, 15) is 29.7 Å². The predicted molar refractivity (Wildman–Crippen MR) is 111 cm³/mol. The smallest absolute Gasteiger partial charge is 0.317 e. The number of carboxylic acids is 2. The normalized spacial score (nSPS) is 20.4. The summed E-state index contributed by atoms with van der Waals surface area (Å²) < 4.78 is 0. The first-order chi connectivity index (χ1) is 14.1. The number of nitrogens with two attached hydrogens (primary N) is 1.